The molecule has 1 aliphatic carbocycles. The molecule has 1 saturated carbocycles. The van der Waals surface area contributed by atoms with Crippen molar-refractivity contribution in [1.29, 1.82) is 0 Å². The van der Waals surface area contributed by atoms with Gasteiger partial charge in [0, 0.05) is 12.6 Å². The van der Waals surface area contributed by atoms with Gasteiger partial charge in [-0.2, -0.15) is 5.10 Å². The maximum absolute atomic E-state index is 11.0. The summed E-state index contributed by atoms with van der Waals surface area (Å²) in [6, 6.07) is 9.05. The maximum Gasteiger partial charge on any atom is 0.356 e. The van der Waals surface area contributed by atoms with Crippen molar-refractivity contribution in [3.8, 4) is 11.3 Å². The molecule has 1 aromatic heterocycles. The molecule has 3 rings (SSSR count). The molecule has 1 aliphatic rings. The van der Waals surface area contributed by atoms with E-state index in [9.17, 15) is 9.90 Å². The van der Waals surface area contributed by atoms with E-state index in [1.807, 2.05) is 24.3 Å². The van der Waals surface area contributed by atoms with Gasteiger partial charge in [0.05, 0.1) is 11.3 Å². The molecular formula is C14H14N2O3. The fourth-order valence-corrected chi connectivity index (χ4v) is 2.32. The fraction of sp³-hybridized carbons (Fsp3) is 0.286. The van der Waals surface area contributed by atoms with Crippen molar-refractivity contribution in [2.75, 3.05) is 0 Å². The van der Waals surface area contributed by atoms with E-state index in [4.69, 9.17) is 5.11 Å². The van der Waals surface area contributed by atoms with E-state index in [2.05, 4.69) is 5.10 Å². The number of carboxylic acids is 1. The summed E-state index contributed by atoms with van der Waals surface area (Å²) in [5.74, 6) is -1.05. The quantitative estimate of drug-likeness (QED) is 0.879. The average Bonchev–Trinajstić information content (AvgIpc) is 3.00. The number of aromatic nitrogens is 2. The Balaban J connectivity index is 2.15. The molecule has 0 atom stereocenters. The van der Waals surface area contributed by atoms with Gasteiger partial charge in [0.1, 0.15) is 0 Å². The highest BCUT2D eigenvalue weighted by Gasteiger charge is 2.43. The summed E-state index contributed by atoms with van der Waals surface area (Å²) in [5, 5.41) is 23.3. The molecule has 19 heavy (non-hydrogen) atoms. The highest BCUT2D eigenvalue weighted by atomic mass is 16.4. The number of rotatable bonds is 3. The van der Waals surface area contributed by atoms with Gasteiger partial charge in [0.15, 0.2) is 5.69 Å². The van der Waals surface area contributed by atoms with Crippen LogP contribution in [0.2, 0.25) is 0 Å². The van der Waals surface area contributed by atoms with Crippen molar-refractivity contribution >= 4 is 5.97 Å². The highest BCUT2D eigenvalue weighted by molar-refractivity contribution is 5.87. The van der Waals surface area contributed by atoms with E-state index < -0.39 is 11.6 Å². The number of nitrogens with zero attached hydrogens (tertiary/aromatic N) is 2. The minimum absolute atomic E-state index is 0.00934. The number of carboxylic acid groups (broad SMARTS) is 1. The Morgan fingerprint density at radius 2 is 2.05 bits per heavy atom. The second kappa shape index (κ2) is 3.93. The number of hydrogen-bond donors (Lipinski definition) is 2. The zero-order valence-corrected chi connectivity index (χ0v) is 10.5. The van der Waals surface area contributed by atoms with Gasteiger partial charge in [-0.15, -0.1) is 0 Å². The zero-order chi connectivity index (χ0) is 13.6. The summed E-state index contributed by atoms with van der Waals surface area (Å²) in [7, 11) is 1.70. The van der Waals surface area contributed by atoms with Crippen LogP contribution in [0.4, 0.5) is 0 Å². The first-order chi connectivity index (χ1) is 9.01. The SMILES string of the molecule is Cn1nc(C(=O)O)cc1-c1ccccc1C1(O)CC1. The fourth-order valence-electron chi connectivity index (χ4n) is 2.32. The molecule has 2 aromatic rings. The van der Waals surface area contributed by atoms with Gasteiger partial charge >= 0.3 is 5.97 Å². The molecule has 5 nitrogen and oxygen atoms in total. The van der Waals surface area contributed by atoms with E-state index >= 15 is 0 Å². The molecule has 0 bridgehead atoms. The number of hydrogen-bond acceptors (Lipinski definition) is 3. The van der Waals surface area contributed by atoms with Crippen molar-refractivity contribution in [2.24, 2.45) is 7.05 Å². The standard InChI is InChI=1S/C14H14N2O3/c1-16-12(8-11(15-16)13(17)18)9-4-2-3-5-10(9)14(19)6-7-14/h2-5,8,19H,6-7H2,1H3,(H,17,18). The minimum atomic E-state index is -1.05. The van der Waals surface area contributed by atoms with Crippen LogP contribution in [0.5, 0.6) is 0 Å². The first-order valence-electron chi connectivity index (χ1n) is 6.11. The van der Waals surface area contributed by atoms with E-state index in [-0.39, 0.29) is 5.69 Å². The number of aryl methyl sites for hydroxylation is 1. The molecule has 5 heteroatoms. The number of aromatic carboxylic acids is 1. The summed E-state index contributed by atoms with van der Waals surface area (Å²) >= 11 is 0. The highest BCUT2D eigenvalue weighted by Crippen LogP contribution is 2.48. The molecule has 0 spiro atoms. The van der Waals surface area contributed by atoms with Crippen molar-refractivity contribution in [3.63, 3.8) is 0 Å². The van der Waals surface area contributed by atoms with Crippen LogP contribution in [0, 0.1) is 0 Å². The number of aliphatic hydroxyl groups is 1. The average molecular weight is 258 g/mol. The third-order valence-electron chi connectivity index (χ3n) is 3.53. The predicted molar refractivity (Wildman–Crippen MR) is 68.7 cm³/mol. The lowest BCUT2D eigenvalue weighted by atomic mass is 9.98. The lowest BCUT2D eigenvalue weighted by Crippen LogP contribution is -2.07. The van der Waals surface area contributed by atoms with Gasteiger partial charge in [-0.3, -0.25) is 4.68 Å². The van der Waals surface area contributed by atoms with Crippen LogP contribution in [0.15, 0.2) is 30.3 Å². The summed E-state index contributed by atoms with van der Waals surface area (Å²) in [6.07, 6.45) is 1.49. The summed E-state index contributed by atoms with van der Waals surface area (Å²) < 4.78 is 1.54. The van der Waals surface area contributed by atoms with E-state index in [0.717, 1.165) is 24.0 Å². The van der Waals surface area contributed by atoms with Crippen LogP contribution < -0.4 is 0 Å². The smallest absolute Gasteiger partial charge is 0.356 e. The summed E-state index contributed by atoms with van der Waals surface area (Å²) in [6.45, 7) is 0. The van der Waals surface area contributed by atoms with Gasteiger partial charge in [0.25, 0.3) is 0 Å². The third kappa shape index (κ3) is 1.92. The molecule has 0 aliphatic heterocycles. The Morgan fingerprint density at radius 3 is 2.63 bits per heavy atom. The van der Waals surface area contributed by atoms with Gasteiger partial charge in [-0.05, 0) is 24.5 Å². The Bertz CT molecular complexity index is 656. The Morgan fingerprint density at radius 1 is 1.37 bits per heavy atom. The minimum Gasteiger partial charge on any atom is -0.476 e. The largest absolute Gasteiger partial charge is 0.476 e. The van der Waals surface area contributed by atoms with E-state index in [0.29, 0.717) is 5.69 Å². The molecule has 2 N–H and O–H groups in total. The van der Waals surface area contributed by atoms with Gasteiger partial charge in [-0.25, -0.2) is 4.79 Å². The Labute approximate surface area is 110 Å². The first kappa shape index (κ1) is 11.9. The second-order valence-electron chi connectivity index (χ2n) is 4.92. The van der Waals surface area contributed by atoms with Crippen LogP contribution in [0.1, 0.15) is 28.9 Å². The second-order valence-corrected chi connectivity index (χ2v) is 4.92. The van der Waals surface area contributed by atoms with Crippen LogP contribution >= 0.6 is 0 Å². The Kier molecular flexibility index (Phi) is 2.46. The van der Waals surface area contributed by atoms with Crippen molar-refractivity contribution < 1.29 is 15.0 Å². The topological polar surface area (TPSA) is 75.4 Å². The maximum atomic E-state index is 11.0. The molecule has 1 heterocycles. The monoisotopic (exact) mass is 258 g/mol. The third-order valence-corrected chi connectivity index (χ3v) is 3.53. The lowest BCUT2D eigenvalue weighted by molar-refractivity contribution is 0.0689. The summed E-state index contributed by atoms with van der Waals surface area (Å²) in [5.41, 5.74) is 1.63. The molecule has 0 unspecified atom stereocenters. The molecule has 0 amide bonds. The van der Waals surface area contributed by atoms with Crippen molar-refractivity contribution in [2.45, 2.75) is 18.4 Å². The molecule has 0 saturated heterocycles. The van der Waals surface area contributed by atoms with Crippen molar-refractivity contribution in [3.05, 3.63) is 41.6 Å². The van der Waals surface area contributed by atoms with Gasteiger partial charge in [0.2, 0.25) is 0 Å². The summed E-state index contributed by atoms with van der Waals surface area (Å²) in [4.78, 5) is 11.0. The van der Waals surface area contributed by atoms with Crippen molar-refractivity contribution in [1.82, 2.24) is 9.78 Å². The van der Waals surface area contributed by atoms with Gasteiger partial charge < -0.3 is 10.2 Å². The lowest BCUT2D eigenvalue weighted by Gasteiger charge is -2.14. The van der Waals surface area contributed by atoms with Crippen LogP contribution in [-0.4, -0.2) is 26.0 Å². The van der Waals surface area contributed by atoms with E-state index in [1.54, 1.807) is 7.05 Å². The van der Waals surface area contributed by atoms with E-state index in [1.165, 1.54) is 10.7 Å². The molecular weight excluding hydrogens is 244 g/mol. The molecule has 0 radical (unpaired) electrons. The number of carbonyl (C=O) groups is 1. The normalized spacial score (nSPS) is 16.3. The zero-order valence-electron chi connectivity index (χ0n) is 10.5. The van der Waals surface area contributed by atoms with Crippen LogP contribution in [-0.2, 0) is 12.6 Å². The predicted octanol–water partition coefficient (Wildman–Crippen LogP) is 1.77. The number of benzene rings is 1. The van der Waals surface area contributed by atoms with Crippen LogP contribution in [0.25, 0.3) is 11.3 Å². The molecule has 1 aromatic carbocycles. The van der Waals surface area contributed by atoms with Crippen LogP contribution in [0.3, 0.4) is 0 Å². The Hall–Kier alpha value is -2.14. The molecule has 1 fully saturated rings. The molecule has 98 valence electrons. The first-order valence-corrected chi connectivity index (χ1v) is 6.11. The van der Waals surface area contributed by atoms with Gasteiger partial charge in [-0.1, -0.05) is 24.3 Å².